The lowest BCUT2D eigenvalue weighted by atomic mass is 9.74. The summed E-state index contributed by atoms with van der Waals surface area (Å²) in [6.07, 6.45) is 10.5. The van der Waals surface area contributed by atoms with Gasteiger partial charge in [0, 0.05) is 28.7 Å². The first-order valence-electron chi connectivity index (χ1n) is 14.5. The van der Waals surface area contributed by atoms with Crippen LogP contribution in [0.5, 0.6) is 28.7 Å². The van der Waals surface area contributed by atoms with Crippen LogP contribution in [0.1, 0.15) is 89.5 Å². The summed E-state index contributed by atoms with van der Waals surface area (Å²) >= 11 is 0. The van der Waals surface area contributed by atoms with Crippen molar-refractivity contribution in [2.45, 2.75) is 91.3 Å². The van der Waals surface area contributed by atoms with E-state index in [1.807, 2.05) is 39.8 Å². The quantitative estimate of drug-likeness (QED) is 0.268. The normalized spacial score (nSPS) is 19.0. The zero-order valence-corrected chi connectivity index (χ0v) is 25.3. The predicted octanol–water partition coefficient (Wildman–Crippen LogP) is 7.81. The van der Waals surface area contributed by atoms with E-state index >= 15 is 0 Å². The molecule has 2 aliphatic heterocycles. The van der Waals surface area contributed by atoms with E-state index in [-0.39, 0.29) is 51.7 Å². The van der Waals surface area contributed by atoms with E-state index in [1.54, 1.807) is 0 Å². The first-order valence-corrected chi connectivity index (χ1v) is 14.5. The van der Waals surface area contributed by atoms with Gasteiger partial charge in [0.15, 0.2) is 16.9 Å². The van der Waals surface area contributed by atoms with Crippen LogP contribution in [0, 0.1) is 0 Å². The molecule has 1 aliphatic carbocycles. The largest absolute Gasteiger partial charge is 0.507 e. The van der Waals surface area contributed by atoms with Gasteiger partial charge < -0.3 is 29.2 Å². The van der Waals surface area contributed by atoms with Crippen LogP contribution < -0.4 is 14.9 Å². The van der Waals surface area contributed by atoms with Crippen molar-refractivity contribution in [3.8, 4) is 40.1 Å². The number of fused-ring (bicyclic) bond motifs is 4. The van der Waals surface area contributed by atoms with Crippen LogP contribution in [-0.2, 0) is 12.8 Å². The van der Waals surface area contributed by atoms with Crippen molar-refractivity contribution < 1.29 is 29.2 Å². The number of ether oxygens (including phenoxy) is 2. The fraction of sp³-hybridized carbons (Fsp3) is 0.400. The van der Waals surface area contributed by atoms with Crippen molar-refractivity contribution in [3.63, 3.8) is 0 Å². The highest BCUT2D eigenvalue weighted by Gasteiger charge is 2.49. The third kappa shape index (κ3) is 4.29. The van der Waals surface area contributed by atoms with Crippen LogP contribution in [0.25, 0.3) is 28.4 Å². The SMILES string of the molecule is CC(C)=CCCC(C)=CCc1c2c(c(O)c3c(=O)c4c(oc13)-c1c(O)cc(O)c3c1[C@H](C4)C(C)(C)O3)C=CC(C)(C)O2. The minimum absolute atomic E-state index is 0.102. The Kier molecular flexibility index (Phi) is 6.30. The lowest BCUT2D eigenvalue weighted by molar-refractivity contribution is 0.106. The molecule has 0 amide bonds. The van der Waals surface area contributed by atoms with Gasteiger partial charge in [-0.15, -0.1) is 0 Å². The fourth-order valence-corrected chi connectivity index (χ4v) is 6.47. The highest BCUT2D eigenvalue weighted by Crippen LogP contribution is 2.60. The molecule has 42 heavy (non-hydrogen) atoms. The van der Waals surface area contributed by atoms with Gasteiger partial charge in [-0.05, 0) is 86.3 Å². The van der Waals surface area contributed by atoms with Crippen LogP contribution in [0.2, 0.25) is 0 Å². The minimum atomic E-state index is -0.736. The fourth-order valence-electron chi connectivity index (χ4n) is 6.47. The smallest absolute Gasteiger partial charge is 0.200 e. The van der Waals surface area contributed by atoms with Crippen LogP contribution in [0.3, 0.4) is 0 Å². The molecule has 2 aromatic carbocycles. The van der Waals surface area contributed by atoms with E-state index in [0.717, 1.165) is 12.8 Å². The molecule has 0 radical (unpaired) electrons. The van der Waals surface area contributed by atoms with Gasteiger partial charge in [-0.25, -0.2) is 0 Å². The number of phenolic OH excluding ortho intramolecular Hbond substituents is 3. The average molecular weight is 571 g/mol. The maximum atomic E-state index is 14.3. The molecule has 6 rings (SSSR count). The molecule has 0 fully saturated rings. The molecule has 1 atom stereocenters. The number of rotatable bonds is 5. The second-order valence-corrected chi connectivity index (χ2v) is 13.1. The Morgan fingerprint density at radius 2 is 1.76 bits per heavy atom. The molecule has 0 spiro atoms. The third-order valence-corrected chi connectivity index (χ3v) is 8.72. The third-order valence-electron chi connectivity index (χ3n) is 8.72. The Labute approximate surface area is 245 Å². The molecule has 7 nitrogen and oxygen atoms in total. The second kappa shape index (κ2) is 9.45. The first kappa shape index (κ1) is 28.0. The Hall–Kier alpha value is -4.13. The van der Waals surface area contributed by atoms with E-state index in [2.05, 4.69) is 32.9 Å². The molecule has 7 heteroatoms. The van der Waals surface area contributed by atoms with E-state index in [0.29, 0.717) is 45.7 Å². The molecule has 3 aromatic rings. The molecule has 3 aliphatic rings. The van der Waals surface area contributed by atoms with Gasteiger partial charge in [0.25, 0.3) is 0 Å². The number of phenols is 3. The number of allylic oxidation sites excluding steroid dienone is 4. The van der Waals surface area contributed by atoms with Gasteiger partial charge in [0.2, 0.25) is 0 Å². The van der Waals surface area contributed by atoms with E-state index in [4.69, 9.17) is 13.9 Å². The molecule has 3 heterocycles. The molecule has 0 saturated heterocycles. The van der Waals surface area contributed by atoms with Crippen molar-refractivity contribution in [2.24, 2.45) is 0 Å². The van der Waals surface area contributed by atoms with Crippen molar-refractivity contribution in [1.29, 1.82) is 0 Å². The van der Waals surface area contributed by atoms with Crippen LogP contribution >= 0.6 is 0 Å². The summed E-state index contributed by atoms with van der Waals surface area (Å²) in [6.45, 7) is 13.9. The molecular weight excluding hydrogens is 532 g/mol. The van der Waals surface area contributed by atoms with E-state index in [1.165, 1.54) is 17.2 Å². The van der Waals surface area contributed by atoms with E-state index < -0.39 is 11.2 Å². The highest BCUT2D eigenvalue weighted by molar-refractivity contribution is 5.96. The van der Waals surface area contributed by atoms with Gasteiger partial charge in [-0.3, -0.25) is 4.79 Å². The van der Waals surface area contributed by atoms with Crippen molar-refractivity contribution in [3.05, 3.63) is 67.9 Å². The Balaban J connectivity index is 1.62. The number of aromatic hydroxyl groups is 3. The highest BCUT2D eigenvalue weighted by atomic mass is 16.5. The van der Waals surface area contributed by atoms with Gasteiger partial charge >= 0.3 is 0 Å². The van der Waals surface area contributed by atoms with E-state index in [9.17, 15) is 20.1 Å². The summed E-state index contributed by atoms with van der Waals surface area (Å²) in [5.41, 5.74) is 3.42. The minimum Gasteiger partial charge on any atom is -0.507 e. The Morgan fingerprint density at radius 1 is 1.02 bits per heavy atom. The first-order chi connectivity index (χ1) is 19.7. The second-order valence-electron chi connectivity index (χ2n) is 13.1. The monoisotopic (exact) mass is 570 g/mol. The average Bonchev–Trinajstić information content (AvgIpc) is 3.16. The number of benzene rings is 2. The summed E-state index contributed by atoms with van der Waals surface area (Å²) in [5, 5.41) is 33.3. The van der Waals surface area contributed by atoms with Gasteiger partial charge in [-0.1, -0.05) is 23.3 Å². The molecule has 0 bridgehead atoms. The lowest BCUT2D eigenvalue weighted by Gasteiger charge is -2.32. The zero-order chi connectivity index (χ0) is 30.3. The molecule has 0 unspecified atom stereocenters. The summed E-state index contributed by atoms with van der Waals surface area (Å²) in [4.78, 5) is 14.3. The summed E-state index contributed by atoms with van der Waals surface area (Å²) in [5.74, 6) is 0.168. The zero-order valence-electron chi connectivity index (χ0n) is 25.3. The van der Waals surface area contributed by atoms with Crippen LogP contribution in [0.15, 0.2) is 44.7 Å². The van der Waals surface area contributed by atoms with Crippen molar-refractivity contribution in [2.75, 3.05) is 0 Å². The summed E-state index contributed by atoms with van der Waals surface area (Å²) < 4.78 is 19.1. The molecule has 3 N–H and O–H groups in total. The Bertz CT molecular complexity index is 1810. The van der Waals surface area contributed by atoms with Crippen molar-refractivity contribution >= 4 is 17.0 Å². The summed E-state index contributed by atoms with van der Waals surface area (Å²) in [7, 11) is 0. The van der Waals surface area contributed by atoms with Gasteiger partial charge in [0.05, 0.1) is 11.1 Å². The summed E-state index contributed by atoms with van der Waals surface area (Å²) in [6, 6.07) is 1.23. The molecular formula is C35H38O7. The predicted molar refractivity (Wildman–Crippen MR) is 164 cm³/mol. The Morgan fingerprint density at radius 3 is 2.48 bits per heavy atom. The molecule has 0 saturated carbocycles. The molecule has 1 aromatic heterocycles. The maximum Gasteiger partial charge on any atom is 0.200 e. The molecule has 220 valence electrons. The van der Waals surface area contributed by atoms with Crippen LogP contribution in [-0.4, -0.2) is 26.5 Å². The van der Waals surface area contributed by atoms with Crippen molar-refractivity contribution in [1.82, 2.24) is 0 Å². The number of hydrogen-bond donors (Lipinski definition) is 3. The lowest BCUT2D eigenvalue weighted by Crippen LogP contribution is -2.34. The standard InChI is InChI=1S/C35H38O7/c1-17(2)9-8-10-18(3)11-12-20-30-19(13-14-34(4,5)41-30)28(38)27-29(39)21-15-22-25-26(32(21)40-31(20)27)23(36)16-24(37)33(25)42-35(22,6)7/h9,11,13-14,16,22,36-38H,8,10,12,15H2,1-7H3/t22-/m0/s1. The van der Waals surface area contributed by atoms with Gasteiger partial charge in [0.1, 0.15) is 45.2 Å². The maximum absolute atomic E-state index is 14.3. The van der Waals surface area contributed by atoms with Crippen LogP contribution in [0.4, 0.5) is 0 Å². The van der Waals surface area contributed by atoms with Gasteiger partial charge in [-0.2, -0.15) is 0 Å². The topological polar surface area (TPSA) is 109 Å². The number of hydrogen-bond acceptors (Lipinski definition) is 7.